The molecule has 37 heavy (non-hydrogen) atoms. The smallest absolute Gasteiger partial charge is 0.321 e. The van der Waals surface area contributed by atoms with E-state index in [2.05, 4.69) is 22.1 Å². The molecule has 2 N–H and O–H groups in total. The molecule has 0 saturated carbocycles. The Balaban J connectivity index is 1.27. The molecule has 1 aliphatic rings. The number of carbonyl (C=O) groups is 3. The first-order chi connectivity index (χ1) is 17.9. The lowest BCUT2D eigenvalue weighted by Crippen LogP contribution is -2.50. The number of aryl methyl sites for hydroxylation is 1. The van der Waals surface area contributed by atoms with Crippen LogP contribution in [0, 0.1) is 6.92 Å². The monoisotopic (exact) mass is 517 g/mol. The Morgan fingerprint density at radius 2 is 1.73 bits per heavy atom. The van der Waals surface area contributed by atoms with Crippen molar-refractivity contribution in [2.75, 3.05) is 54.8 Å². The number of hydrogen-bond donors (Lipinski definition) is 2. The van der Waals surface area contributed by atoms with E-state index in [0.29, 0.717) is 36.7 Å². The van der Waals surface area contributed by atoms with Crippen LogP contribution in [-0.2, 0) is 4.79 Å². The maximum absolute atomic E-state index is 12.6. The van der Waals surface area contributed by atoms with E-state index in [9.17, 15) is 14.4 Å². The van der Waals surface area contributed by atoms with Crippen molar-refractivity contribution >= 4 is 46.2 Å². The molecule has 0 spiro atoms. The molecule has 8 nitrogen and oxygen atoms in total. The van der Waals surface area contributed by atoms with Crippen LogP contribution in [0.2, 0.25) is 0 Å². The van der Waals surface area contributed by atoms with Gasteiger partial charge < -0.3 is 25.3 Å². The lowest BCUT2D eigenvalue weighted by atomic mass is 10.2. The van der Waals surface area contributed by atoms with Crippen LogP contribution < -0.4 is 15.5 Å². The normalized spacial score (nSPS) is 13.1. The highest BCUT2D eigenvalue weighted by Gasteiger charge is 2.22. The molecule has 1 fully saturated rings. The summed E-state index contributed by atoms with van der Waals surface area (Å²) in [4.78, 5) is 44.0. The highest BCUT2D eigenvalue weighted by molar-refractivity contribution is 7.12. The van der Waals surface area contributed by atoms with Crippen molar-refractivity contribution in [2.45, 2.75) is 6.92 Å². The van der Waals surface area contributed by atoms with E-state index >= 15 is 0 Å². The number of thiophene rings is 1. The second kappa shape index (κ2) is 12.2. The molecule has 192 valence electrons. The van der Waals surface area contributed by atoms with E-state index in [-0.39, 0.29) is 30.9 Å². The van der Waals surface area contributed by atoms with Gasteiger partial charge in [0.1, 0.15) is 6.54 Å². The average molecular weight is 518 g/mol. The minimum atomic E-state index is -0.271. The molecule has 0 atom stereocenters. The molecular formula is C28H31N5O3S. The Morgan fingerprint density at radius 3 is 2.38 bits per heavy atom. The van der Waals surface area contributed by atoms with Crippen molar-refractivity contribution in [3.8, 4) is 0 Å². The van der Waals surface area contributed by atoms with Gasteiger partial charge in [-0.15, -0.1) is 17.9 Å². The molecule has 9 heteroatoms. The largest absolute Gasteiger partial charge is 0.368 e. The third-order valence-corrected chi connectivity index (χ3v) is 6.91. The van der Waals surface area contributed by atoms with E-state index in [0.717, 1.165) is 16.9 Å². The number of anilines is 3. The van der Waals surface area contributed by atoms with Crippen molar-refractivity contribution in [3.05, 3.63) is 89.1 Å². The first-order valence-electron chi connectivity index (χ1n) is 12.1. The topological polar surface area (TPSA) is 85.0 Å². The number of rotatable bonds is 8. The van der Waals surface area contributed by atoms with Crippen molar-refractivity contribution in [1.29, 1.82) is 0 Å². The number of piperazine rings is 1. The molecule has 4 amide bonds. The fraction of sp³-hybridized carbons (Fsp3) is 0.250. The molecule has 0 unspecified atom stereocenters. The highest BCUT2D eigenvalue weighted by Crippen LogP contribution is 2.20. The van der Waals surface area contributed by atoms with E-state index in [4.69, 9.17) is 0 Å². The third kappa shape index (κ3) is 6.98. The predicted molar refractivity (Wildman–Crippen MR) is 149 cm³/mol. The van der Waals surface area contributed by atoms with Crippen LogP contribution in [0.5, 0.6) is 0 Å². The summed E-state index contributed by atoms with van der Waals surface area (Å²) in [5, 5.41) is 7.67. The van der Waals surface area contributed by atoms with E-state index in [1.54, 1.807) is 12.1 Å². The summed E-state index contributed by atoms with van der Waals surface area (Å²) in [5.74, 6) is -0.458. The maximum Gasteiger partial charge on any atom is 0.321 e. The van der Waals surface area contributed by atoms with E-state index in [1.165, 1.54) is 16.2 Å². The van der Waals surface area contributed by atoms with Gasteiger partial charge in [0.15, 0.2) is 0 Å². The van der Waals surface area contributed by atoms with Crippen LogP contribution >= 0.6 is 11.3 Å². The minimum absolute atomic E-state index is 0.0585. The van der Waals surface area contributed by atoms with Crippen LogP contribution in [0.3, 0.4) is 0 Å². The number of nitrogens with zero attached hydrogens (tertiary/aromatic N) is 3. The number of carbonyl (C=O) groups excluding carboxylic acids is 3. The molecule has 1 aliphatic heterocycles. The van der Waals surface area contributed by atoms with Gasteiger partial charge in [0, 0.05) is 49.8 Å². The van der Waals surface area contributed by atoms with Crippen LogP contribution in [0.1, 0.15) is 15.2 Å². The van der Waals surface area contributed by atoms with Crippen molar-refractivity contribution in [2.24, 2.45) is 0 Å². The molecule has 0 radical (unpaired) electrons. The molecular weight excluding hydrogens is 486 g/mol. The standard InChI is InChI=1S/C28H31N5O3S/c1-3-13-33(27(35)25-8-5-18-37-25)20-26(34)29-22-9-11-24(12-10-22)31-14-16-32(17-15-31)28(36)30-23-7-4-6-21(2)19-23/h3-12,18-19H,1,13-17,20H2,2H3,(H,29,34)(H,30,36). The molecule has 0 aliphatic carbocycles. The Kier molecular flexibility index (Phi) is 8.58. The zero-order valence-electron chi connectivity index (χ0n) is 20.9. The second-order valence-corrected chi connectivity index (χ2v) is 9.77. The second-order valence-electron chi connectivity index (χ2n) is 8.82. The molecule has 2 aromatic carbocycles. The SMILES string of the molecule is C=CCN(CC(=O)Nc1ccc(N2CCN(C(=O)Nc3cccc(C)c3)CC2)cc1)C(=O)c1cccs1. The lowest BCUT2D eigenvalue weighted by Gasteiger charge is -2.36. The van der Waals surface area contributed by atoms with Gasteiger partial charge in [0.25, 0.3) is 5.91 Å². The molecule has 1 aromatic heterocycles. The summed E-state index contributed by atoms with van der Waals surface area (Å²) in [5.41, 5.74) is 3.58. The Hall–Kier alpha value is -4.11. The predicted octanol–water partition coefficient (Wildman–Crippen LogP) is 4.68. The maximum atomic E-state index is 12.6. The van der Waals surface area contributed by atoms with Crippen molar-refractivity contribution in [3.63, 3.8) is 0 Å². The van der Waals surface area contributed by atoms with Gasteiger partial charge in [-0.05, 0) is 60.3 Å². The molecule has 1 saturated heterocycles. The summed E-state index contributed by atoms with van der Waals surface area (Å²) in [6, 6.07) is 18.8. The first-order valence-corrected chi connectivity index (χ1v) is 13.0. The zero-order chi connectivity index (χ0) is 26.2. The summed E-state index contributed by atoms with van der Waals surface area (Å²) in [7, 11) is 0. The van der Waals surface area contributed by atoms with E-state index in [1.807, 2.05) is 71.8 Å². The number of nitrogens with one attached hydrogen (secondary N) is 2. The summed E-state index contributed by atoms with van der Waals surface area (Å²) in [6.45, 7) is 8.59. The quantitative estimate of drug-likeness (QED) is 0.425. The lowest BCUT2D eigenvalue weighted by molar-refractivity contribution is -0.116. The number of urea groups is 1. The van der Waals surface area contributed by atoms with Gasteiger partial charge in [-0.2, -0.15) is 0 Å². The number of amides is 4. The molecule has 3 aromatic rings. The molecule has 0 bridgehead atoms. The number of benzene rings is 2. The van der Waals surface area contributed by atoms with Crippen LogP contribution in [0.25, 0.3) is 0 Å². The summed E-state index contributed by atoms with van der Waals surface area (Å²) in [6.07, 6.45) is 1.61. The zero-order valence-corrected chi connectivity index (χ0v) is 21.7. The van der Waals surface area contributed by atoms with Gasteiger partial charge in [-0.25, -0.2) is 4.79 Å². The Morgan fingerprint density at radius 1 is 0.973 bits per heavy atom. The average Bonchev–Trinajstić information content (AvgIpc) is 3.44. The van der Waals surface area contributed by atoms with E-state index < -0.39 is 0 Å². The minimum Gasteiger partial charge on any atom is -0.368 e. The van der Waals surface area contributed by atoms with Gasteiger partial charge in [0.05, 0.1) is 4.88 Å². The van der Waals surface area contributed by atoms with Gasteiger partial charge in [-0.3, -0.25) is 9.59 Å². The van der Waals surface area contributed by atoms with Crippen molar-refractivity contribution < 1.29 is 14.4 Å². The van der Waals surface area contributed by atoms with Crippen LogP contribution in [0.15, 0.2) is 78.7 Å². The number of hydrogen-bond acceptors (Lipinski definition) is 5. The fourth-order valence-corrected chi connectivity index (χ4v) is 4.84. The summed E-state index contributed by atoms with van der Waals surface area (Å²) >= 11 is 1.35. The van der Waals surface area contributed by atoms with Crippen LogP contribution in [-0.4, -0.2) is 66.9 Å². The third-order valence-electron chi connectivity index (χ3n) is 6.06. The summed E-state index contributed by atoms with van der Waals surface area (Å²) < 4.78 is 0. The molecule has 4 rings (SSSR count). The van der Waals surface area contributed by atoms with Gasteiger partial charge in [-0.1, -0.05) is 24.3 Å². The Bertz CT molecular complexity index is 1230. The van der Waals surface area contributed by atoms with Gasteiger partial charge >= 0.3 is 6.03 Å². The molecule has 2 heterocycles. The first kappa shape index (κ1) is 26.0. The van der Waals surface area contributed by atoms with Crippen LogP contribution in [0.4, 0.5) is 21.9 Å². The fourth-order valence-electron chi connectivity index (χ4n) is 4.15. The van der Waals surface area contributed by atoms with Gasteiger partial charge in [0.2, 0.25) is 5.91 Å². The highest BCUT2D eigenvalue weighted by atomic mass is 32.1. The Labute approximate surface area is 221 Å². The van der Waals surface area contributed by atoms with Crippen molar-refractivity contribution in [1.82, 2.24) is 9.80 Å².